The number of esters is 1. The van der Waals surface area contributed by atoms with Gasteiger partial charge in [0.2, 0.25) is 0 Å². The third kappa shape index (κ3) is 7.81. The average Bonchev–Trinajstić information content (AvgIpc) is 2.05. The summed E-state index contributed by atoms with van der Waals surface area (Å²) in [5, 5.41) is 3.02. The van der Waals surface area contributed by atoms with Gasteiger partial charge in [0.25, 0.3) is 0 Å². The molecule has 0 aromatic heterocycles. The zero-order chi connectivity index (χ0) is 9.40. The van der Waals surface area contributed by atoms with Crippen molar-refractivity contribution in [3.63, 3.8) is 0 Å². The highest BCUT2D eigenvalue weighted by molar-refractivity contribution is 5.85. The second-order valence-corrected chi connectivity index (χ2v) is 2.51. The lowest BCUT2D eigenvalue weighted by Crippen LogP contribution is -2.35. The van der Waals surface area contributed by atoms with Crippen LogP contribution in [0.1, 0.15) is 20.3 Å². The molecule has 0 aromatic rings. The molecule has 0 amide bonds. The van der Waals surface area contributed by atoms with Gasteiger partial charge in [-0.05, 0) is 26.8 Å². The summed E-state index contributed by atoms with van der Waals surface area (Å²) in [6.07, 6.45) is 2.68. The number of ether oxygens (including phenoxy) is 1. The molecule has 0 aromatic carbocycles. The Hall–Kier alpha value is -0.540. The first kappa shape index (κ1) is 15.0. The number of carbonyl (C=O) groups excluding carboxylic acids is 1. The van der Waals surface area contributed by atoms with Gasteiger partial charge in [-0.1, -0.05) is 6.08 Å². The van der Waals surface area contributed by atoms with E-state index in [9.17, 15) is 4.79 Å². The van der Waals surface area contributed by atoms with Crippen LogP contribution in [0.3, 0.4) is 0 Å². The average molecular weight is 208 g/mol. The minimum atomic E-state index is -0.218. The van der Waals surface area contributed by atoms with Gasteiger partial charge in [0.1, 0.15) is 6.04 Å². The molecule has 0 radical (unpaired) electrons. The molecule has 0 spiro atoms. The molecule has 0 aliphatic heterocycles. The zero-order valence-corrected chi connectivity index (χ0v) is 9.02. The molecule has 0 bridgehead atoms. The summed E-state index contributed by atoms with van der Waals surface area (Å²) >= 11 is 0. The number of hydrogen-bond acceptors (Lipinski definition) is 3. The van der Waals surface area contributed by atoms with Crippen LogP contribution in [0.2, 0.25) is 0 Å². The fourth-order valence-corrected chi connectivity index (χ4v) is 0.752. The van der Waals surface area contributed by atoms with Gasteiger partial charge in [0, 0.05) is 0 Å². The Kier molecular flexibility index (Phi) is 11.0. The Bertz CT molecular complexity index is 151. The molecule has 1 N–H and O–H groups in total. The highest BCUT2D eigenvalue weighted by Crippen LogP contribution is 1.88. The maximum Gasteiger partial charge on any atom is 0.322 e. The Morgan fingerprint density at radius 1 is 1.69 bits per heavy atom. The lowest BCUT2D eigenvalue weighted by Gasteiger charge is -2.10. The van der Waals surface area contributed by atoms with Crippen molar-refractivity contribution in [3.05, 3.63) is 12.7 Å². The number of nitrogens with one attached hydrogen (secondary N) is 1. The lowest BCUT2D eigenvalue weighted by molar-refractivity contribution is -0.145. The second-order valence-electron chi connectivity index (χ2n) is 2.51. The van der Waals surface area contributed by atoms with Crippen LogP contribution in [0.15, 0.2) is 12.7 Å². The number of carbonyl (C=O) groups is 1. The van der Waals surface area contributed by atoms with E-state index in [-0.39, 0.29) is 24.4 Å². The first-order chi connectivity index (χ1) is 5.72. The summed E-state index contributed by atoms with van der Waals surface area (Å²) in [4.78, 5) is 11.0. The lowest BCUT2D eigenvalue weighted by atomic mass is 10.3. The zero-order valence-electron chi connectivity index (χ0n) is 8.21. The largest absolute Gasteiger partial charge is 0.465 e. The van der Waals surface area contributed by atoms with Gasteiger partial charge in [0.05, 0.1) is 6.61 Å². The molecule has 0 aliphatic rings. The monoisotopic (exact) mass is 207 g/mol. The van der Waals surface area contributed by atoms with E-state index in [0.29, 0.717) is 6.61 Å². The third-order valence-electron chi connectivity index (χ3n) is 1.44. The molecule has 1 unspecified atom stereocenters. The molecular weight excluding hydrogens is 190 g/mol. The predicted octanol–water partition coefficient (Wildman–Crippen LogP) is 1.53. The van der Waals surface area contributed by atoms with Crippen molar-refractivity contribution >= 4 is 18.4 Å². The van der Waals surface area contributed by atoms with Crippen molar-refractivity contribution in [2.24, 2.45) is 0 Å². The van der Waals surface area contributed by atoms with Gasteiger partial charge in [-0.2, -0.15) is 0 Å². The molecule has 1 atom stereocenters. The van der Waals surface area contributed by atoms with Crippen molar-refractivity contribution in [2.75, 3.05) is 13.2 Å². The molecule has 0 saturated carbocycles. The second kappa shape index (κ2) is 9.55. The van der Waals surface area contributed by atoms with E-state index in [0.717, 1.165) is 13.0 Å². The van der Waals surface area contributed by atoms with E-state index in [1.165, 1.54) is 0 Å². The summed E-state index contributed by atoms with van der Waals surface area (Å²) in [5.74, 6) is -0.193. The topological polar surface area (TPSA) is 38.3 Å². The highest BCUT2D eigenvalue weighted by Gasteiger charge is 2.11. The van der Waals surface area contributed by atoms with E-state index >= 15 is 0 Å². The maximum absolute atomic E-state index is 11.0. The van der Waals surface area contributed by atoms with E-state index in [1.807, 2.05) is 6.08 Å². The normalized spacial score (nSPS) is 11.2. The van der Waals surface area contributed by atoms with Gasteiger partial charge >= 0.3 is 5.97 Å². The van der Waals surface area contributed by atoms with Crippen LogP contribution in [0.25, 0.3) is 0 Å². The standard InChI is InChI=1S/C9H17NO2.ClH/c1-4-6-7-10-8(3)9(11)12-5-2;/h4,8,10H,1,5-7H2,2-3H3;1H. The molecule has 0 fully saturated rings. The predicted molar refractivity (Wildman–Crippen MR) is 56.2 cm³/mol. The van der Waals surface area contributed by atoms with Crippen molar-refractivity contribution in [1.82, 2.24) is 5.32 Å². The van der Waals surface area contributed by atoms with Crippen LogP contribution < -0.4 is 5.32 Å². The fraction of sp³-hybridized carbons (Fsp3) is 0.667. The number of halogens is 1. The van der Waals surface area contributed by atoms with Crippen molar-refractivity contribution < 1.29 is 9.53 Å². The van der Waals surface area contributed by atoms with Crippen LogP contribution in [-0.4, -0.2) is 25.2 Å². The molecule has 4 heteroatoms. The van der Waals surface area contributed by atoms with Crippen LogP contribution in [0.4, 0.5) is 0 Å². The quantitative estimate of drug-likeness (QED) is 0.408. The minimum Gasteiger partial charge on any atom is -0.465 e. The Morgan fingerprint density at radius 2 is 2.31 bits per heavy atom. The van der Waals surface area contributed by atoms with Crippen LogP contribution in [-0.2, 0) is 9.53 Å². The van der Waals surface area contributed by atoms with Gasteiger partial charge < -0.3 is 10.1 Å². The SMILES string of the molecule is C=CCCNC(C)C(=O)OCC.Cl. The fourth-order valence-electron chi connectivity index (χ4n) is 0.752. The van der Waals surface area contributed by atoms with E-state index in [4.69, 9.17) is 4.74 Å². The first-order valence-corrected chi connectivity index (χ1v) is 4.23. The first-order valence-electron chi connectivity index (χ1n) is 4.23. The third-order valence-corrected chi connectivity index (χ3v) is 1.44. The van der Waals surface area contributed by atoms with Gasteiger partial charge in [0.15, 0.2) is 0 Å². The minimum absolute atomic E-state index is 0. The molecule has 78 valence electrons. The Labute approximate surface area is 85.9 Å². The van der Waals surface area contributed by atoms with E-state index in [1.54, 1.807) is 13.8 Å². The summed E-state index contributed by atoms with van der Waals surface area (Å²) in [6.45, 7) is 8.38. The molecule has 0 rings (SSSR count). The molecule has 0 saturated heterocycles. The summed E-state index contributed by atoms with van der Waals surface area (Å²) < 4.78 is 4.81. The summed E-state index contributed by atoms with van der Waals surface area (Å²) in [7, 11) is 0. The number of rotatable bonds is 6. The molecule has 13 heavy (non-hydrogen) atoms. The molecule has 3 nitrogen and oxygen atoms in total. The smallest absolute Gasteiger partial charge is 0.322 e. The van der Waals surface area contributed by atoms with Crippen LogP contribution in [0.5, 0.6) is 0 Å². The van der Waals surface area contributed by atoms with E-state index < -0.39 is 0 Å². The van der Waals surface area contributed by atoms with Crippen LogP contribution >= 0.6 is 12.4 Å². The Morgan fingerprint density at radius 3 is 2.77 bits per heavy atom. The molecule has 0 heterocycles. The van der Waals surface area contributed by atoms with E-state index in [2.05, 4.69) is 11.9 Å². The van der Waals surface area contributed by atoms with Gasteiger partial charge in [-0.3, -0.25) is 4.79 Å². The Balaban J connectivity index is 0. The van der Waals surface area contributed by atoms with Gasteiger partial charge in [-0.15, -0.1) is 19.0 Å². The van der Waals surface area contributed by atoms with Crippen molar-refractivity contribution in [3.8, 4) is 0 Å². The van der Waals surface area contributed by atoms with Crippen molar-refractivity contribution in [1.29, 1.82) is 0 Å². The van der Waals surface area contributed by atoms with Crippen molar-refractivity contribution in [2.45, 2.75) is 26.3 Å². The van der Waals surface area contributed by atoms with Gasteiger partial charge in [-0.25, -0.2) is 0 Å². The molecular formula is C9H18ClNO2. The number of hydrogen-bond donors (Lipinski definition) is 1. The summed E-state index contributed by atoms with van der Waals surface area (Å²) in [6, 6.07) is -0.218. The summed E-state index contributed by atoms with van der Waals surface area (Å²) in [5.41, 5.74) is 0. The maximum atomic E-state index is 11.0. The molecule has 0 aliphatic carbocycles. The van der Waals surface area contributed by atoms with Crippen LogP contribution in [0, 0.1) is 0 Å². The highest BCUT2D eigenvalue weighted by atomic mass is 35.5.